The van der Waals surface area contributed by atoms with Crippen molar-refractivity contribution < 1.29 is 34.7 Å². The normalized spacial score (nSPS) is 12.8. The number of hydrogen-bond donors (Lipinski definition) is 6. The Morgan fingerprint density at radius 1 is 0.678 bits per heavy atom. The molecule has 0 aliphatic carbocycles. The van der Waals surface area contributed by atoms with Crippen molar-refractivity contribution in [2.45, 2.75) is 22.5 Å². The maximum Gasteiger partial charge on any atom is 0.294 e. The van der Waals surface area contributed by atoms with Crippen molar-refractivity contribution in [2.24, 2.45) is 20.5 Å². The lowest BCUT2D eigenvalue weighted by Crippen LogP contribution is -2.05. The molecule has 1 unspecified atom stereocenters. The molecule has 2 heterocycles. The number of azo groups is 2. The molecule has 6 rings (SSSR count). The summed E-state index contributed by atoms with van der Waals surface area (Å²) in [5.41, 5.74) is 2.62. The first-order chi connectivity index (χ1) is 27.9. The first-order valence-electron chi connectivity index (χ1n) is 16.6. The van der Waals surface area contributed by atoms with Crippen molar-refractivity contribution in [1.29, 1.82) is 15.3 Å². The van der Waals surface area contributed by atoms with E-state index in [4.69, 9.17) is 4.78 Å². The number of benzene rings is 4. The largest absolute Gasteiger partial charge is 0.339 e. The van der Waals surface area contributed by atoms with Crippen LogP contribution in [0.15, 0.2) is 133 Å². The SMILES string of the molecule is Cc1c(C#N)c(Nc2ccc(S(=O)(=O)O)cc2)nc(Nc2ccc(S(=O)(=O)O)cc2)c1N=Nc1sc(N=Nc2ccccc2)c(-c2ccc(CS(=N)(=O)O)cc2)c1C#N. The highest BCUT2D eigenvalue weighted by atomic mass is 32.2. The van der Waals surface area contributed by atoms with E-state index in [9.17, 15) is 45.2 Å². The van der Waals surface area contributed by atoms with E-state index < -0.39 is 36.0 Å². The zero-order valence-corrected chi connectivity index (χ0v) is 33.4. The zero-order valence-electron chi connectivity index (χ0n) is 30.2. The maximum absolute atomic E-state index is 11.7. The van der Waals surface area contributed by atoms with Crippen molar-refractivity contribution in [2.75, 3.05) is 10.6 Å². The first-order valence-corrected chi connectivity index (χ1v) is 22.0. The third-order valence-corrected chi connectivity index (χ3v) is 11.6. The summed E-state index contributed by atoms with van der Waals surface area (Å²) in [5, 5.41) is 44.7. The van der Waals surface area contributed by atoms with Crippen molar-refractivity contribution in [3.8, 4) is 23.3 Å². The van der Waals surface area contributed by atoms with E-state index in [0.717, 1.165) is 35.6 Å². The lowest BCUT2D eigenvalue weighted by molar-refractivity contribution is 0.481. The van der Waals surface area contributed by atoms with Crippen LogP contribution < -0.4 is 10.6 Å². The average molecular weight is 869 g/mol. The summed E-state index contributed by atoms with van der Waals surface area (Å²) in [6.45, 7) is 1.56. The monoisotopic (exact) mass is 868 g/mol. The van der Waals surface area contributed by atoms with Crippen LogP contribution in [0, 0.1) is 34.4 Å². The van der Waals surface area contributed by atoms with Crippen LogP contribution in [0.2, 0.25) is 0 Å². The van der Waals surface area contributed by atoms with Gasteiger partial charge in [-0.05, 0) is 78.7 Å². The number of nitrogens with zero attached hydrogens (tertiary/aromatic N) is 7. The summed E-state index contributed by atoms with van der Waals surface area (Å²) in [6, 6.07) is 29.3. The number of anilines is 4. The minimum Gasteiger partial charge on any atom is -0.339 e. The van der Waals surface area contributed by atoms with E-state index in [-0.39, 0.29) is 59.5 Å². The molecule has 6 N–H and O–H groups in total. The summed E-state index contributed by atoms with van der Waals surface area (Å²) < 4.78 is 94.0. The van der Waals surface area contributed by atoms with Crippen LogP contribution in [0.4, 0.5) is 44.4 Å². The Hall–Kier alpha value is -6.76. The van der Waals surface area contributed by atoms with Crippen LogP contribution in [-0.4, -0.2) is 39.7 Å². The molecule has 0 saturated heterocycles. The molecule has 0 fully saturated rings. The predicted molar refractivity (Wildman–Crippen MR) is 219 cm³/mol. The van der Waals surface area contributed by atoms with Gasteiger partial charge in [0, 0.05) is 22.5 Å². The average Bonchev–Trinajstić information content (AvgIpc) is 3.54. The van der Waals surface area contributed by atoms with Crippen LogP contribution in [0.5, 0.6) is 0 Å². The molecule has 0 saturated carbocycles. The minimum absolute atomic E-state index is 0.00520. The second-order valence-corrected chi connectivity index (χ2v) is 17.7. The number of nitrogens with one attached hydrogen (secondary N) is 3. The highest BCUT2D eigenvalue weighted by molar-refractivity contribution is 7.86. The van der Waals surface area contributed by atoms with Gasteiger partial charge in [-0.3, -0.25) is 9.11 Å². The molecule has 0 aliphatic heterocycles. The van der Waals surface area contributed by atoms with Crippen molar-refractivity contribution in [3.63, 3.8) is 0 Å². The van der Waals surface area contributed by atoms with Gasteiger partial charge in [0.2, 0.25) is 0 Å². The molecular formula is C37H28N10O8S4. The van der Waals surface area contributed by atoms with Crippen LogP contribution in [0.25, 0.3) is 11.1 Å². The highest BCUT2D eigenvalue weighted by Crippen LogP contribution is 2.48. The second kappa shape index (κ2) is 17.0. The second-order valence-electron chi connectivity index (χ2n) is 12.3. The van der Waals surface area contributed by atoms with Crippen LogP contribution in [0.3, 0.4) is 0 Å². The van der Waals surface area contributed by atoms with Gasteiger partial charge >= 0.3 is 0 Å². The Kier molecular flexibility index (Phi) is 12.1. The number of hydrogen-bond acceptors (Lipinski definition) is 16. The quantitative estimate of drug-likeness (QED) is 0.0466. The fourth-order valence-electron chi connectivity index (χ4n) is 5.43. The Labute approximate surface area is 341 Å². The number of rotatable bonds is 13. The van der Waals surface area contributed by atoms with Gasteiger partial charge < -0.3 is 15.2 Å². The van der Waals surface area contributed by atoms with Gasteiger partial charge in [0.15, 0.2) is 26.6 Å². The van der Waals surface area contributed by atoms with Crippen LogP contribution in [0.1, 0.15) is 22.3 Å². The Morgan fingerprint density at radius 3 is 1.71 bits per heavy atom. The molecule has 2 aromatic heterocycles. The number of aromatic nitrogens is 1. The predicted octanol–water partition coefficient (Wildman–Crippen LogP) is 9.69. The number of pyridine rings is 1. The van der Waals surface area contributed by atoms with Crippen molar-refractivity contribution >= 4 is 86.0 Å². The van der Waals surface area contributed by atoms with Crippen LogP contribution >= 0.6 is 11.3 Å². The van der Waals surface area contributed by atoms with E-state index in [1.807, 2.05) is 6.07 Å². The lowest BCUT2D eigenvalue weighted by Gasteiger charge is -2.16. The van der Waals surface area contributed by atoms with E-state index in [0.29, 0.717) is 28.1 Å². The van der Waals surface area contributed by atoms with Gasteiger partial charge in [-0.2, -0.15) is 27.4 Å². The molecule has 59 heavy (non-hydrogen) atoms. The standard InChI is InChI=1S/C37H28N10O8S4/c1-22-30(19-38)34(41-25-11-15-28(16-12-25)58(50,51)52)43-35(42-26-13-17-29(18-14-26)59(53,54)55)33(22)45-46-36-31(20-39)32(24-9-7-23(8-10-24)21-57(40,48)49)37(56-36)47-44-27-5-3-2-4-6-27/h2-18H,21H2,1H3,(H2,40,48,49)(H2,41,42,43)(H,50,51,52)(H,53,54,55). The highest BCUT2D eigenvalue weighted by Gasteiger charge is 2.23. The third-order valence-electron chi connectivity index (χ3n) is 8.20. The Balaban J connectivity index is 1.48. The smallest absolute Gasteiger partial charge is 0.294 e. The molecular weight excluding hydrogens is 841 g/mol. The van der Waals surface area contributed by atoms with Crippen molar-refractivity contribution in [1.82, 2.24) is 4.98 Å². The van der Waals surface area contributed by atoms with E-state index in [2.05, 4.69) is 48.2 Å². The van der Waals surface area contributed by atoms with E-state index >= 15 is 0 Å². The molecule has 0 amide bonds. The molecule has 298 valence electrons. The fraction of sp³-hybridized carbons (Fsp3) is 0.0541. The summed E-state index contributed by atoms with van der Waals surface area (Å²) in [7, 11) is -12.8. The molecule has 1 atom stereocenters. The minimum atomic E-state index is -4.51. The molecule has 0 radical (unpaired) electrons. The number of nitriles is 2. The third kappa shape index (κ3) is 10.2. The molecule has 22 heteroatoms. The van der Waals surface area contributed by atoms with Gasteiger partial charge in [0.1, 0.15) is 28.4 Å². The van der Waals surface area contributed by atoms with Gasteiger partial charge in [-0.25, -0.2) is 14.0 Å². The zero-order chi connectivity index (χ0) is 42.5. The van der Waals surface area contributed by atoms with Gasteiger partial charge in [-0.15, -0.1) is 20.5 Å². The molecule has 4 aromatic carbocycles. The fourth-order valence-corrected chi connectivity index (χ4v) is 7.95. The molecule has 0 aliphatic rings. The topological polar surface area (TPSA) is 304 Å². The number of thiophene rings is 1. The first kappa shape index (κ1) is 41.9. The summed E-state index contributed by atoms with van der Waals surface area (Å²) >= 11 is 0.977. The lowest BCUT2D eigenvalue weighted by atomic mass is 10.0. The summed E-state index contributed by atoms with van der Waals surface area (Å²) in [5.74, 6) is -0.423. The van der Waals surface area contributed by atoms with Crippen molar-refractivity contribution in [3.05, 3.63) is 125 Å². The Bertz CT molecular complexity index is 3050. The Morgan fingerprint density at radius 2 is 1.20 bits per heavy atom. The molecule has 0 spiro atoms. The van der Waals surface area contributed by atoms with E-state index in [1.54, 1.807) is 55.5 Å². The maximum atomic E-state index is 11.7. The molecule has 18 nitrogen and oxygen atoms in total. The van der Waals surface area contributed by atoms with Gasteiger partial charge in [0.25, 0.3) is 20.2 Å². The molecule has 0 bridgehead atoms. The van der Waals surface area contributed by atoms with E-state index in [1.165, 1.54) is 24.3 Å². The summed E-state index contributed by atoms with van der Waals surface area (Å²) in [4.78, 5) is 3.84. The van der Waals surface area contributed by atoms with Gasteiger partial charge in [-0.1, -0.05) is 53.8 Å². The summed E-state index contributed by atoms with van der Waals surface area (Å²) in [6.07, 6.45) is 0. The molecule has 6 aromatic rings. The van der Waals surface area contributed by atoms with Gasteiger partial charge in [0.05, 0.1) is 26.8 Å². The van der Waals surface area contributed by atoms with Crippen LogP contribution in [-0.2, 0) is 36.0 Å².